The van der Waals surface area contributed by atoms with Crippen molar-refractivity contribution in [1.82, 2.24) is 0 Å². The molecule has 0 heterocycles. The van der Waals surface area contributed by atoms with Crippen molar-refractivity contribution in [2.75, 3.05) is 4.31 Å². The summed E-state index contributed by atoms with van der Waals surface area (Å²) in [6.45, 7) is 3.42. The van der Waals surface area contributed by atoms with E-state index in [1.54, 1.807) is 61.5 Å². The SMILES string of the molecule is Cc1ccc(S(=O)(=O)Oc2cc([N+](=O)[O-])ccc2N(Cc2ccccc2)S(=O)(=O)c2ccc(C)cc2)cc1. The van der Waals surface area contributed by atoms with Crippen molar-refractivity contribution in [2.45, 2.75) is 30.2 Å². The molecule has 0 saturated heterocycles. The highest BCUT2D eigenvalue weighted by molar-refractivity contribution is 7.92. The number of nitrogens with zero attached hydrogens (tertiary/aromatic N) is 2. The van der Waals surface area contributed by atoms with Crippen LogP contribution >= 0.6 is 0 Å². The number of nitro benzene ring substituents is 1. The molecule has 4 aromatic carbocycles. The number of aryl methyl sites for hydroxylation is 2. The van der Waals surface area contributed by atoms with E-state index in [0.29, 0.717) is 5.56 Å². The lowest BCUT2D eigenvalue weighted by Crippen LogP contribution is -2.31. The first-order valence-electron chi connectivity index (χ1n) is 11.4. The van der Waals surface area contributed by atoms with Gasteiger partial charge in [0.25, 0.3) is 15.7 Å². The first-order chi connectivity index (χ1) is 18.0. The monoisotopic (exact) mass is 552 g/mol. The molecule has 0 radical (unpaired) electrons. The third kappa shape index (κ3) is 5.84. The summed E-state index contributed by atoms with van der Waals surface area (Å²) in [6.07, 6.45) is 0. The van der Waals surface area contributed by atoms with Crippen LogP contribution in [0.2, 0.25) is 0 Å². The van der Waals surface area contributed by atoms with E-state index in [2.05, 4.69) is 0 Å². The maximum atomic E-state index is 13.9. The first kappa shape index (κ1) is 26.8. The second-order valence-corrected chi connectivity index (χ2v) is 12.0. The summed E-state index contributed by atoms with van der Waals surface area (Å²) in [6, 6.07) is 23.9. The standard InChI is InChI=1S/C27H24N2O7S2/c1-20-8-13-24(14-9-20)37(32,33)28(19-22-6-4-3-5-7-22)26-17-12-23(29(30)31)18-27(26)36-38(34,35)25-15-10-21(2)11-16-25/h3-18H,19H2,1-2H3. The molecule has 9 nitrogen and oxygen atoms in total. The lowest BCUT2D eigenvalue weighted by atomic mass is 10.2. The van der Waals surface area contributed by atoms with Crippen molar-refractivity contribution in [1.29, 1.82) is 0 Å². The highest BCUT2D eigenvalue weighted by Crippen LogP contribution is 2.38. The van der Waals surface area contributed by atoms with Crippen LogP contribution in [0.5, 0.6) is 5.75 Å². The van der Waals surface area contributed by atoms with E-state index in [1.165, 1.54) is 30.3 Å². The third-order valence-electron chi connectivity index (χ3n) is 5.71. The van der Waals surface area contributed by atoms with Gasteiger partial charge in [-0.15, -0.1) is 0 Å². The number of anilines is 1. The molecule has 0 saturated carbocycles. The minimum atomic E-state index is -4.46. The molecule has 0 unspecified atom stereocenters. The maximum absolute atomic E-state index is 13.9. The van der Waals surface area contributed by atoms with Crippen LogP contribution in [0, 0.1) is 24.0 Å². The number of nitro groups is 1. The van der Waals surface area contributed by atoms with E-state index in [4.69, 9.17) is 4.18 Å². The number of benzene rings is 4. The van der Waals surface area contributed by atoms with E-state index < -0.39 is 36.5 Å². The molecule has 0 N–H and O–H groups in total. The van der Waals surface area contributed by atoms with Crippen LogP contribution in [0.3, 0.4) is 0 Å². The van der Waals surface area contributed by atoms with Gasteiger partial charge in [0.1, 0.15) is 4.90 Å². The van der Waals surface area contributed by atoms with Crippen LogP contribution in [-0.4, -0.2) is 21.8 Å². The van der Waals surface area contributed by atoms with Gasteiger partial charge in [0.15, 0.2) is 5.75 Å². The molecular weight excluding hydrogens is 528 g/mol. The molecular formula is C27H24N2O7S2. The van der Waals surface area contributed by atoms with Crippen molar-refractivity contribution in [3.63, 3.8) is 0 Å². The van der Waals surface area contributed by atoms with Gasteiger partial charge < -0.3 is 4.18 Å². The summed E-state index contributed by atoms with van der Waals surface area (Å²) < 4.78 is 60.4. The Morgan fingerprint density at radius 3 is 1.87 bits per heavy atom. The molecule has 0 fully saturated rings. The number of non-ortho nitro benzene ring substituents is 1. The van der Waals surface area contributed by atoms with Gasteiger partial charge in [0, 0.05) is 6.07 Å². The minimum absolute atomic E-state index is 0.0373. The topological polar surface area (TPSA) is 124 Å². The highest BCUT2D eigenvalue weighted by Gasteiger charge is 2.31. The van der Waals surface area contributed by atoms with E-state index in [1.807, 2.05) is 6.92 Å². The largest absolute Gasteiger partial charge is 0.376 e. The van der Waals surface area contributed by atoms with Crippen molar-refractivity contribution < 1.29 is 25.9 Å². The van der Waals surface area contributed by atoms with Gasteiger partial charge in [-0.3, -0.25) is 14.4 Å². The fourth-order valence-corrected chi connectivity index (χ4v) is 6.05. The van der Waals surface area contributed by atoms with E-state index >= 15 is 0 Å². The summed E-state index contributed by atoms with van der Waals surface area (Å²) in [4.78, 5) is 10.6. The zero-order valence-corrected chi connectivity index (χ0v) is 22.1. The quantitative estimate of drug-likeness (QED) is 0.155. The molecule has 196 valence electrons. The van der Waals surface area contributed by atoms with Crippen LogP contribution in [0.4, 0.5) is 11.4 Å². The van der Waals surface area contributed by atoms with Crippen molar-refractivity contribution in [3.8, 4) is 5.75 Å². The average Bonchev–Trinajstić information content (AvgIpc) is 2.88. The summed E-state index contributed by atoms with van der Waals surface area (Å²) in [5, 5.41) is 11.5. The fourth-order valence-electron chi connectivity index (χ4n) is 3.65. The van der Waals surface area contributed by atoms with E-state index in [0.717, 1.165) is 27.6 Å². The highest BCUT2D eigenvalue weighted by atomic mass is 32.2. The Labute approximate surface area is 221 Å². The number of hydrogen-bond acceptors (Lipinski definition) is 7. The van der Waals surface area contributed by atoms with Crippen molar-refractivity contribution in [2.24, 2.45) is 0 Å². The van der Waals surface area contributed by atoms with Crippen LogP contribution in [0.1, 0.15) is 16.7 Å². The number of sulfonamides is 1. The molecule has 0 bridgehead atoms. The Kier molecular flexibility index (Phi) is 7.51. The molecule has 0 aromatic heterocycles. The maximum Gasteiger partial charge on any atom is 0.339 e. The van der Waals surface area contributed by atoms with Gasteiger partial charge in [-0.1, -0.05) is 65.7 Å². The Hall–Kier alpha value is -4.22. The summed E-state index contributed by atoms with van der Waals surface area (Å²) in [7, 11) is -8.72. The van der Waals surface area contributed by atoms with Gasteiger partial charge in [-0.25, -0.2) is 8.42 Å². The lowest BCUT2D eigenvalue weighted by molar-refractivity contribution is -0.384. The summed E-state index contributed by atoms with van der Waals surface area (Å²) in [5.41, 5.74) is 1.64. The molecule has 0 atom stereocenters. The molecule has 0 aliphatic heterocycles. The smallest absolute Gasteiger partial charge is 0.339 e. The van der Waals surface area contributed by atoms with Gasteiger partial charge in [0.05, 0.1) is 28.1 Å². The first-order valence-corrected chi connectivity index (χ1v) is 14.3. The molecule has 11 heteroatoms. The van der Waals surface area contributed by atoms with E-state index in [9.17, 15) is 26.9 Å². The average molecular weight is 553 g/mol. The van der Waals surface area contributed by atoms with Crippen LogP contribution in [0.25, 0.3) is 0 Å². The van der Waals surface area contributed by atoms with Gasteiger partial charge in [-0.2, -0.15) is 8.42 Å². The molecule has 38 heavy (non-hydrogen) atoms. The second kappa shape index (κ2) is 10.6. The molecule has 0 aliphatic carbocycles. The Bertz CT molecular complexity index is 1670. The number of rotatable bonds is 9. The van der Waals surface area contributed by atoms with Gasteiger partial charge >= 0.3 is 10.1 Å². The van der Waals surface area contributed by atoms with E-state index in [-0.39, 0.29) is 22.0 Å². The molecule has 0 amide bonds. The van der Waals surface area contributed by atoms with Gasteiger partial charge in [-0.05, 0) is 49.7 Å². The van der Waals surface area contributed by atoms with Crippen molar-refractivity contribution in [3.05, 3.63) is 124 Å². The zero-order valence-electron chi connectivity index (χ0n) is 20.5. The zero-order chi connectivity index (χ0) is 27.5. The normalized spacial score (nSPS) is 11.6. The van der Waals surface area contributed by atoms with Gasteiger partial charge in [0.2, 0.25) is 0 Å². The second-order valence-electron chi connectivity index (χ2n) is 8.57. The van der Waals surface area contributed by atoms with Crippen LogP contribution in [-0.2, 0) is 26.7 Å². The Morgan fingerprint density at radius 2 is 1.32 bits per heavy atom. The van der Waals surface area contributed by atoms with Crippen LogP contribution < -0.4 is 8.49 Å². The Balaban J connectivity index is 1.89. The minimum Gasteiger partial charge on any atom is -0.376 e. The Morgan fingerprint density at radius 1 is 0.763 bits per heavy atom. The predicted molar refractivity (Wildman–Crippen MR) is 143 cm³/mol. The molecule has 0 spiro atoms. The lowest BCUT2D eigenvalue weighted by Gasteiger charge is -2.26. The molecule has 4 aromatic rings. The third-order valence-corrected chi connectivity index (χ3v) is 8.73. The molecule has 0 aliphatic rings. The van der Waals surface area contributed by atoms with Crippen molar-refractivity contribution >= 4 is 31.5 Å². The fraction of sp³-hybridized carbons (Fsp3) is 0.111. The predicted octanol–water partition coefficient (Wildman–Crippen LogP) is 5.37. The summed E-state index contributed by atoms with van der Waals surface area (Å²) in [5.74, 6) is -0.494. The number of hydrogen-bond donors (Lipinski definition) is 0. The molecule has 4 rings (SSSR count). The summed E-state index contributed by atoms with van der Waals surface area (Å²) >= 11 is 0. The van der Waals surface area contributed by atoms with Crippen LogP contribution in [0.15, 0.2) is 107 Å².